The Bertz CT molecular complexity index is 509. The highest BCUT2D eigenvalue weighted by molar-refractivity contribution is 5.82. The number of rotatable bonds is 4. The lowest BCUT2D eigenvalue weighted by atomic mass is 9.99. The number of anilines is 1. The monoisotopic (exact) mass is 287 g/mol. The van der Waals surface area contributed by atoms with Gasteiger partial charge in [0.2, 0.25) is 5.91 Å². The van der Waals surface area contributed by atoms with Gasteiger partial charge in [-0.2, -0.15) is 0 Å². The van der Waals surface area contributed by atoms with Crippen molar-refractivity contribution >= 4 is 11.6 Å². The van der Waals surface area contributed by atoms with E-state index in [0.717, 1.165) is 32.2 Å². The van der Waals surface area contributed by atoms with Crippen LogP contribution in [0.2, 0.25) is 0 Å². The van der Waals surface area contributed by atoms with Gasteiger partial charge >= 0.3 is 0 Å². The highest BCUT2D eigenvalue weighted by Crippen LogP contribution is 2.28. The third kappa shape index (κ3) is 3.38. The number of hydrogen-bond donors (Lipinski definition) is 2. The molecule has 21 heavy (non-hydrogen) atoms. The second-order valence-corrected chi connectivity index (χ2v) is 6.24. The first-order valence-corrected chi connectivity index (χ1v) is 8.12. The van der Waals surface area contributed by atoms with Gasteiger partial charge < -0.3 is 16.0 Å². The second kappa shape index (κ2) is 6.48. The number of carbonyl (C=O) groups is 1. The smallest absolute Gasteiger partial charge is 0.239 e. The van der Waals surface area contributed by atoms with Crippen LogP contribution in [0.25, 0.3) is 0 Å². The van der Waals surface area contributed by atoms with Crippen molar-refractivity contribution in [3.63, 3.8) is 0 Å². The zero-order valence-electron chi connectivity index (χ0n) is 12.6. The summed E-state index contributed by atoms with van der Waals surface area (Å²) < 4.78 is 0. The van der Waals surface area contributed by atoms with Gasteiger partial charge in [0.25, 0.3) is 0 Å². The maximum atomic E-state index is 12.2. The molecule has 1 aliphatic carbocycles. The van der Waals surface area contributed by atoms with Crippen LogP contribution in [0.1, 0.15) is 43.2 Å². The summed E-state index contributed by atoms with van der Waals surface area (Å²) in [7, 11) is 0. The highest BCUT2D eigenvalue weighted by Gasteiger charge is 2.22. The number of carbonyl (C=O) groups excluding carboxylic acids is 1. The first kappa shape index (κ1) is 14.4. The zero-order valence-corrected chi connectivity index (χ0v) is 12.6. The summed E-state index contributed by atoms with van der Waals surface area (Å²) in [5.74, 6) is 0.164. The van der Waals surface area contributed by atoms with Gasteiger partial charge in [-0.05, 0) is 42.9 Å². The summed E-state index contributed by atoms with van der Waals surface area (Å²) in [6.45, 7) is 2.02. The van der Waals surface area contributed by atoms with Crippen molar-refractivity contribution < 1.29 is 4.79 Å². The van der Waals surface area contributed by atoms with Crippen molar-refractivity contribution in [2.75, 3.05) is 18.0 Å². The number of benzene rings is 1. The molecule has 1 aromatic carbocycles. The molecule has 0 unspecified atom stereocenters. The van der Waals surface area contributed by atoms with E-state index in [1.165, 1.54) is 29.7 Å². The molecule has 0 saturated heterocycles. The van der Waals surface area contributed by atoms with E-state index < -0.39 is 0 Å². The predicted octanol–water partition coefficient (Wildman–Crippen LogP) is 1.96. The number of fused-ring (bicyclic) bond motifs is 1. The minimum absolute atomic E-state index is 0.164. The summed E-state index contributed by atoms with van der Waals surface area (Å²) >= 11 is 0. The molecular weight excluding hydrogens is 262 g/mol. The molecule has 3 N–H and O–H groups in total. The molecule has 1 aliphatic heterocycles. The molecule has 0 spiro atoms. The summed E-state index contributed by atoms with van der Waals surface area (Å²) in [6, 6.07) is 6.79. The SMILES string of the molecule is NCc1ccc2c(c1)CCCN2CC(=O)NC1CCCC1. The number of nitrogens with one attached hydrogen (secondary N) is 1. The molecule has 1 aromatic rings. The molecule has 4 heteroatoms. The zero-order chi connectivity index (χ0) is 14.7. The fourth-order valence-electron chi connectivity index (χ4n) is 3.54. The van der Waals surface area contributed by atoms with Crippen LogP contribution in [0.3, 0.4) is 0 Å². The fourth-order valence-corrected chi connectivity index (χ4v) is 3.54. The fraction of sp³-hybridized carbons (Fsp3) is 0.588. The largest absolute Gasteiger partial charge is 0.362 e. The van der Waals surface area contributed by atoms with Crippen LogP contribution in [-0.4, -0.2) is 25.0 Å². The van der Waals surface area contributed by atoms with Crippen molar-refractivity contribution in [2.24, 2.45) is 5.73 Å². The Hall–Kier alpha value is -1.55. The number of amides is 1. The molecule has 1 saturated carbocycles. The van der Waals surface area contributed by atoms with Gasteiger partial charge in [-0.25, -0.2) is 0 Å². The van der Waals surface area contributed by atoms with E-state index in [0.29, 0.717) is 19.1 Å². The topological polar surface area (TPSA) is 58.4 Å². The Morgan fingerprint density at radius 1 is 1.29 bits per heavy atom. The van der Waals surface area contributed by atoms with Crippen LogP contribution in [0.4, 0.5) is 5.69 Å². The summed E-state index contributed by atoms with van der Waals surface area (Å²) in [4.78, 5) is 14.4. The van der Waals surface area contributed by atoms with E-state index >= 15 is 0 Å². The minimum atomic E-state index is 0.164. The molecule has 0 radical (unpaired) electrons. The highest BCUT2D eigenvalue weighted by atomic mass is 16.2. The first-order valence-electron chi connectivity index (χ1n) is 8.12. The van der Waals surface area contributed by atoms with Crippen molar-refractivity contribution in [3.8, 4) is 0 Å². The van der Waals surface area contributed by atoms with E-state index in [2.05, 4.69) is 28.4 Å². The van der Waals surface area contributed by atoms with E-state index in [4.69, 9.17) is 5.73 Å². The van der Waals surface area contributed by atoms with Crippen LogP contribution in [0.5, 0.6) is 0 Å². The maximum Gasteiger partial charge on any atom is 0.239 e. The van der Waals surface area contributed by atoms with Gasteiger partial charge in [0, 0.05) is 24.8 Å². The van der Waals surface area contributed by atoms with Crippen molar-refractivity contribution in [1.82, 2.24) is 5.32 Å². The molecule has 3 rings (SSSR count). The van der Waals surface area contributed by atoms with Crippen LogP contribution in [0, 0.1) is 0 Å². The molecule has 0 aromatic heterocycles. The van der Waals surface area contributed by atoms with Crippen LogP contribution < -0.4 is 16.0 Å². The molecule has 4 nitrogen and oxygen atoms in total. The minimum Gasteiger partial charge on any atom is -0.362 e. The van der Waals surface area contributed by atoms with E-state index in [1.54, 1.807) is 0 Å². The number of nitrogens with zero attached hydrogens (tertiary/aromatic N) is 1. The number of hydrogen-bond acceptors (Lipinski definition) is 3. The average Bonchev–Trinajstić information content (AvgIpc) is 2.99. The molecule has 0 bridgehead atoms. The molecule has 114 valence electrons. The number of nitrogens with two attached hydrogens (primary N) is 1. The molecule has 1 heterocycles. The van der Waals surface area contributed by atoms with Gasteiger partial charge in [0.05, 0.1) is 6.54 Å². The molecular formula is C17H25N3O. The lowest BCUT2D eigenvalue weighted by Crippen LogP contribution is -2.42. The Morgan fingerprint density at radius 3 is 2.86 bits per heavy atom. The van der Waals surface area contributed by atoms with E-state index in [-0.39, 0.29) is 5.91 Å². The van der Waals surface area contributed by atoms with Gasteiger partial charge in [-0.15, -0.1) is 0 Å². The maximum absolute atomic E-state index is 12.2. The van der Waals surface area contributed by atoms with Gasteiger partial charge in [0.15, 0.2) is 0 Å². The Morgan fingerprint density at radius 2 is 2.10 bits per heavy atom. The third-order valence-corrected chi connectivity index (χ3v) is 4.65. The Balaban J connectivity index is 1.65. The molecule has 1 fully saturated rings. The van der Waals surface area contributed by atoms with Crippen LogP contribution in [-0.2, 0) is 17.8 Å². The normalized spacial score (nSPS) is 18.6. The van der Waals surface area contributed by atoms with Crippen molar-refractivity contribution in [1.29, 1.82) is 0 Å². The standard InChI is InChI=1S/C17H25N3O/c18-11-13-7-8-16-14(10-13)4-3-9-20(16)12-17(21)19-15-5-1-2-6-15/h7-8,10,15H,1-6,9,11-12,18H2,(H,19,21). The Labute approximate surface area is 126 Å². The summed E-state index contributed by atoms with van der Waals surface area (Å²) in [5.41, 5.74) is 9.42. The van der Waals surface area contributed by atoms with Gasteiger partial charge in [0.1, 0.15) is 0 Å². The lowest BCUT2D eigenvalue weighted by Gasteiger charge is -2.31. The van der Waals surface area contributed by atoms with Gasteiger partial charge in [-0.1, -0.05) is 25.0 Å². The predicted molar refractivity (Wildman–Crippen MR) is 85.3 cm³/mol. The van der Waals surface area contributed by atoms with Crippen LogP contribution >= 0.6 is 0 Å². The third-order valence-electron chi connectivity index (χ3n) is 4.65. The van der Waals surface area contributed by atoms with E-state index in [1.807, 2.05) is 0 Å². The Kier molecular flexibility index (Phi) is 4.44. The average molecular weight is 287 g/mol. The molecule has 1 amide bonds. The lowest BCUT2D eigenvalue weighted by molar-refractivity contribution is -0.120. The van der Waals surface area contributed by atoms with E-state index in [9.17, 15) is 4.79 Å². The molecule has 0 atom stereocenters. The summed E-state index contributed by atoms with van der Waals surface area (Å²) in [6.07, 6.45) is 6.98. The quantitative estimate of drug-likeness (QED) is 0.890. The number of aryl methyl sites for hydroxylation is 1. The molecule has 2 aliphatic rings. The second-order valence-electron chi connectivity index (χ2n) is 6.24. The first-order chi connectivity index (χ1) is 10.3. The van der Waals surface area contributed by atoms with Crippen molar-refractivity contribution in [3.05, 3.63) is 29.3 Å². The summed E-state index contributed by atoms with van der Waals surface area (Å²) in [5, 5.41) is 3.18. The van der Waals surface area contributed by atoms with Crippen molar-refractivity contribution in [2.45, 2.75) is 51.1 Å². The van der Waals surface area contributed by atoms with Gasteiger partial charge in [-0.3, -0.25) is 4.79 Å². The van der Waals surface area contributed by atoms with Crippen LogP contribution in [0.15, 0.2) is 18.2 Å².